The van der Waals surface area contributed by atoms with Crippen LogP contribution in [0.4, 0.5) is 5.69 Å². The number of nitrogens with zero attached hydrogens (tertiary/aromatic N) is 1. The Balaban J connectivity index is 1.67. The minimum atomic E-state index is 0.628. The van der Waals surface area contributed by atoms with Crippen molar-refractivity contribution in [2.45, 2.75) is 16.6 Å². The number of methoxy groups -OCH3 is 1. The van der Waals surface area contributed by atoms with Crippen LogP contribution in [0.25, 0.3) is 0 Å². The smallest absolute Gasteiger partial charge is 0.120 e. The van der Waals surface area contributed by atoms with E-state index in [9.17, 15) is 0 Å². The van der Waals surface area contributed by atoms with Gasteiger partial charge in [-0.2, -0.15) is 0 Å². The molecule has 1 unspecified atom stereocenters. The fourth-order valence-electron chi connectivity index (χ4n) is 2.61. The van der Waals surface area contributed by atoms with Gasteiger partial charge in [-0.3, -0.25) is 0 Å². The van der Waals surface area contributed by atoms with Crippen LogP contribution in [0.2, 0.25) is 0 Å². The number of benzene rings is 2. The van der Waals surface area contributed by atoms with Crippen LogP contribution in [0, 0.1) is 0 Å². The summed E-state index contributed by atoms with van der Waals surface area (Å²) in [6, 6.07) is 17.0. The van der Waals surface area contributed by atoms with Gasteiger partial charge in [-0.15, -0.1) is 11.8 Å². The number of ether oxygens (including phenoxy) is 1. The third kappa shape index (κ3) is 2.78. The van der Waals surface area contributed by atoms with E-state index in [2.05, 4.69) is 48.3 Å². The summed E-state index contributed by atoms with van der Waals surface area (Å²) in [5.74, 6) is 0.914. The van der Waals surface area contributed by atoms with E-state index in [0.717, 1.165) is 18.7 Å². The molecule has 0 spiro atoms. The van der Waals surface area contributed by atoms with Crippen LogP contribution in [0.15, 0.2) is 53.4 Å². The molecule has 0 radical (unpaired) electrons. The van der Waals surface area contributed by atoms with Gasteiger partial charge in [0.25, 0.3) is 0 Å². The van der Waals surface area contributed by atoms with E-state index < -0.39 is 0 Å². The van der Waals surface area contributed by atoms with E-state index >= 15 is 0 Å². The minimum Gasteiger partial charge on any atom is -0.497 e. The molecule has 1 heterocycles. The average Bonchev–Trinajstić information content (AvgIpc) is 2.89. The molecule has 0 saturated heterocycles. The summed E-state index contributed by atoms with van der Waals surface area (Å²) in [6.07, 6.45) is 1.16. The van der Waals surface area contributed by atoms with E-state index in [1.54, 1.807) is 7.11 Å². The first-order chi connectivity index (χ1) is 9.76. The molecule has 0 saturated carbocycles. The Kier molecular flexibility index (Phi) is 3.88. The van der Waals surface area contributed by atoms with Gasteiger partial charge in [-0.1, -0.05) is 24.3 Å². The Morgan fingerprint density at radius 3 is 2.85 bits per heavy atom. The maximum atomic E-state index is 5.29. The van der Waals surface area contributed by atoms with E-state index in [-0.39, 0.29) is 0 Å². The number of rotatable bonds is 4. The molecule has 0 fully saturated rings. The molecule has 0 aliphatic carbocycles. The molecule has 2 aromatic carbocycles. The van der Waals surface area contributed by atoms with Crippen LogP contribution in [0.3, 0.4) is 0 Å². The van der Waals surface area contributed by atoms with Gasteiger partial charge in [-0.05, 0) is 30.2 Å². The van der Waals surface area contributed by atoms with Gasteiger partial charge in [0.15, 0.2) is 0 Å². The topological polar surface area (TPSA) is 12.5 Å². The molecule has 2 nitrogen and oxygen atoms in total. The first-order valence-electron chi connectivity index (χ1n) is 6.86. The summed E-state index contributed by atoms with van der Waals surface area (Å²) in [5.41, 5.74) is 2.70. The minimum absolute atomic E-state index is 0.628. The zero-order chi connectivity index (χ0) is 13.9. The quantitative estimate of drug-likeness (QED) is 0.846. The van der Waals surface area contributed by atoms with Crippen LogP contribution >= 0.6 is 11.8 Å². The van der Waals surface area contributed by atoms with Crippen molar-refractivity contribution in [3.63, 3.8) is 0 Å². The van der Waals surface area contributed by atoms with Crippen molar-refractivity contribution < 1.29 is 4.74 Å². The van der Waals surface area contributed by atoms with Gasteiger partial charge in [0, 0.05) is 35.5 Å². The lowest BCUT2D eigenvalue weighted by atomic mass is 10.1. The second-order valence-electron chi connectivity index (χ2n) is 5.13. The monoisotopic (exact) mass is 285 g/mol. The van der Waals surface area contributed by atoms with Crippen molar-refractivity contribution in [2.24, 2.45) is 0 Å². The summed E-state index contributed by atoms with van der Waals surface area (Å²) in [6.45, 7) is 1.05. The predicted octanol–water partition coefficient (Wildman–Crippen LogP) is 3.85. The van der Waals surface area contributed by atoms with Crippen LogP contribution in [0.5, 0.6) is 5.75 Å². The first-order valence-corrected chi connectivity index (χ1v) is 7.74. The SMILES string of the molecule is COc1cccc(N(C)CC2Cc3ccccc3S2)c1. The van der Waals surface area contributed by atoms with Crippen LogP contribution in [-0.2, 0) is 6.42 Å². The van der Waals surface area contributed by atoms with E-state index in [4.69, 9.17) is 4.74 Å². The number of thioether (sulfide) groups is 1. The van der Waals surface area contributed by atoms with Gasteiger partial charge in [0.2, 0.25) is 0 Å². The molecule has 104 valence electrons. The molecule has 0 amide bonds. The summed E-state index contributed by atoms with van der Waals surface area (Å²) in [4.78, 5) is 3.75. The largest absolute Gasteiger partial charge is 0.497 e. The molecule has 1 aliphatic rings. The van der Waals surface area contributed by atoms with E-state index in [1.165, 1.54) is 16.1 Å². The summed E-state index contributed by atoms with van der Waals surface area (Å²) >= 11 is 2.00. The number of anilines is 1. The van der Waals surface area contributed by atoms with Crippen molar-refractivity contribution in [3.8, 4) is 5.75 Å². The lowest BCUT2D eigenvalue weighted by molar-refractivity contribution is 0.415. The second kappa shape index (κ2) is 5.80. The second-order valence-corrected chi connectivity index (χ2v) is 6.48. The fraction of sp³-hybridized carbons (Fsp3) is 0.294. The van der Waals surface area contributed by atoms with E-state index in [0.29, 0.717) is 5.25 Å². The molecule has 0 aromatic heterocycles. The highest BCUT2D eigenvalue weighted by atomic mass is 32.2. The third-order valence-electron chi connectivity index (χ3n) is 3.69. The van der Waals surface area contributed by atoms with Gasteiger partial charge in [0.05, 0.1) is 7.11 Å². The highest BCUT2D eigenvalue weighted by molar-refractivity contribution is 8.00. The van der Waals surface area contributed by atoms with Crippen molar-refractivity contribution in [1.29, 1.82) is 0 Å². The van der Waals surface area contributed by atoms with Crippen LogP contribution < -0.4 is 9.64 Å². The summed E-state index contributed by atoms with van der Waals surface area (Å²) < 4.78 is 5.29. The van der Waals surface area contributed by atoms with Crippen LogP contribution in [-0.4, -0.2) is 26.0 Å². The molecule has 20 heavy (non-hydrogen) atoms. The van der Waals surface area contributed by atoms with Crippen molar-refractivity contribution in [2.75, 3.05) is 25.6 Å². The highest BCUT2D eigenvalue weighted by Gasteiger charge is 2.23. The number of fused-ring (bicyclic) bond motifs is 1. The molecule has 0 N–H and O–H groups in total. The van der Waals surface area contributed by atoms with Gasteiger partial charge >= 0.3 is 0 Å². The zero-order valence-electron chi connectivity index (χ0n) is 11.9. The normalized spacial score (nSPS) is 16.8. The average molecular weight is 285 g/mol. The molecule has 3 heteroatoms. The number of hydrogen-bond acceptors (Lipinski definition) is 3. The van der Waals surface area contributed by atoms with Crippen molar-refractivity contribution in [1.82, 2.24) is 0 Å². The fourth-order valence-corrected chi connectivity index (χ4v) is 3.99. The first kappa shape index (κ1) is 13.4. The Hall–Kier alpha value is -1.61. The van der Waals surface area contributed by atoms with Crippen molar-refractivity contribution in [3.05, 3.63) is 54.1 Å². The molecule has 2 aromatic rings. The number of hydrogen-bond donors (Lipinski definition) is 0. The highest BCUT2D eigenvalue weighted by Crippen LogP contribution is 2.37. The third-order valence-corrected chi connectivity index (χ3v) is 4.99. The molecule has 0 bridgehead atoms. The lowest BCUT2D eigenvalue weighted by Crippen LogP contribution is -2.26. The Morgan fingerprint density at radius 1 is 1.20 bits per heavy atom. The van der Waals surface area contributed by atoms with Gasteiger partial charge < -0.3 is 9.64 Å². The Morgan fingerprint density at radius 2 is 2.05 bits per heavy atom. The van der Waals surface area contributed by atoms with Crippen molar-refractivity contribution >= 4 is 17.4 Å². The molecular weight excluding hydrogens is 266 g/mol. The molecule has 3 rings (SSSR count). The standard InChI is InChI=1S/C17H19NOS/c1-18(14-7-5-8-15(11-14)19-2)12-16-10-13-6-3-4-9-17(13)20-16/h3-9,11,16H,10,12H2,1-2H3. The maximum absolute atomic E-state index is 5.29. The predicted molar refractivity (Wildman–Crippen MR) is 86.1 cm³/mol. The van der Waals surface area contributed by atoms with E-state index in [1.807, 2.05) is 23.9 Å². The van der Waals surface area contributed by atoms with Gasteiger partial charge in [-0.25, -0.2) is 0 Å². The Bertz CT molecular complexity index is 574. The Labute approximate surface area is 124 Å². The summed E-state index contributed by atoms with van der Waals surface area (Å²) in [7, 11) is 3.86. The molecule has 1 atom stereocenters. The maximum Gasteiger partial charge on any atom is 0.120 e. The van der Waals surface area contributed by atoms with Crippen LogP contribution in [0.1, 0.15) is 5.56 Å². The zero-order valence-corrected chi connectivity index (χ0v) is 12.7. The molecule has 1 aliphatic heterocycles. The van der Waals surface area contributed by atoms with Gasteiger partial charge in [0.1, 0.15) is 5.75 Å². The summed E-state index contributed by atoms with van der Waals surface area (Å²) in [5, 5.41) is 0.628. The molecular formula is C17H19NOS. The lowest BCUT2D eigenvalue weighted by Gasteiger charge is -2.23.